The van der Waals surface area contributed by atoms with E-state index in [0.717, 1.165) is 48.0 Å². The minimum absolute atomic E-state index is 0.173. The molecule has 128 valence electrons. The van der Waals surface area contributed by atoms with Gasteiger partial charge in [-0.15, -0.1) is 0 Å². The summed E-state index contributed by atoms with van der Waals surface area (Å²) >= 11 is 3.52. The monoisotopic (exact) mass is 385 g/mol. The first-order chi connectivity index (χ1) is 11.0. The van der Waals surface area contributed by atoms with Gasteiger partial charge in [-0.25, -0.2) is 0 Å². The lowest BCUT2D eigenvalue weighted by Gasteiger charge is -2.27. The minimum Gasteiger partial charge on any atom is -0.492 e. The normalized spacial score (nSPS) is 21.0. The third-order valence-electron chi connectivity index (χ3n) is 4.24. The van der Waals surface area contributed by atoms with Gasteiger partial charge in [0.25, 0.3) is 0 Å². The summed E-state index contributed by atoms with van der Waals surface area (Å²) in [6.45, 7) is 3.25. The molecule has 1 aliphatic rings. The fraction of sp³-hybridized carbons (Fsp3) is 0.588. The molecule has 0 aliphatic heterocycles. The summed E-state index contributed by atoms with van der Waals surface area (Å²) in [5, 5.41) is 12.6. The van der Waals surface area contributed by atoms with Crippen molar-refractivity contribution in [1.29, 1.82) is 0 Å². The quantitative estimate of drug-likeness (QED) is 0.750. The Bertz CT molecular complexity index is 542. The average molecular weight is 386 g/mol. The van der Waals surface area contributed by atoms with Crippen molar-refractivity contribution in [2.45, 2.75) is 45.2 Å². The average Bonchev–Trinajstić information content (AvgIpc) is 2.53. The summed E-state index contributed by atoms with van der Waals surface area (Å²) in [6, 6.07) is 4.39. The van der Waals surface area contributed by atoms with E-state index in [1.54, 1.807) is 7.11 Å². The fourth-order valence-electron chi connectivity index (χ4n) is 2.99. The van der Waals surface area contributed by atoms with Crippen LogP contribution >= 0.6 is 15.9 Å². The van der Waals surface area contributed by atoms with Crippen molar-refractivity contribution in [3.05, 3.63) is 22.2 Å². The van der Waals surface area contributed by atoms with Gasteiger partial charge < -0.3 is 19.9 Å². The number of halogens is 1. The van der Waals surface area contributed by atoms with Gasteiger partial charge in [-0.2, -0.15) is 0 Å². The second-order valence-corrected chi connectivity index (χ2v) is 6.66. The van der Waals surface area contributed by atoms with E-state index in [4.69, 9.17) is 14.6 Å². The molecule has 0 spiro atoms. The van der Waals surface area contributed by atoms with Crippen molar-refractivity contribution < 1.29 is 19.4 Å². The molecular weight excluding hydrogens is 362 g/mol. The maximum absolute atomic E-state index is 11.0. The first kappa shape index (κ1) is 18.1. The largest absolute Gasteiger partial charge is 0.492 e. The van der Waals surface area contributed by atoms with Gasteiger partial charge >= 0.3 is 5.97 Å². The number of benzene rings is 1. The maximum atomic E-state index is 11.0. The van der Waals surface area contributed by atoms with Crippen molar-refractivity contribution in [2.24, 2.45) is 5.92 Å². The fourth-order valence-corrected chi connectivity index (χ4v) is 3.64. The van der Waals surface area contributed by atoms with Crippen LogP contribution in [0.4, 0.5) is 0 Å². The molecule has 1 aromatic rings. The molecule has 5 nitrogen and oxygen atoms in total. The molecule has 2 rings (SSSR count). The number of rotatable bonds is 7. The van der Waals surface area contributed by atoms with Crippen LogP contribution in [0.1, 0.15) is 38.2 Å². The van der Waals surface area contributed by atoms with Crippen LogP contribution in [0.15, 0.2) is 16.6 Å². The van der Waals surface area contributed by atoms with Gasteiger partial charge in [0, 0.05) is 12.6 Å². The number of ether oxygens (including phenoxy) is 2. The Kier molecular flexibility index (Phi) is 6.72. The highest BCUT2D eigenvalue weighted by atomic mass is 79.9. The second-order valence-electron chi connectivity index (χ2n) is 5.81. The van der Waals surface area contributed by atoms with Crippen molar-refractivity contribution in [3.8, 4) is 11.5 Å². The van der Waals surface area contributed by atoms with Crippen LogP contribution in [0, 0.1) is 5.92 Å². The second kappa shape index (κ2) is 8.55. The molecule has 0 unspecified atom stereocenters. The smallest absolute Gasteiger partial charge is 0.306 e. The third-order valence-corrected chi connectivity index (χ3v) is 4.83. The number of methoxy groups -OCH3 is 1. The Labute approximate surface area is 145 Å². The van der Waals surface area contributed by atoms with Crippen LogP contribution in [-0.2, 0) is 11.3 Å². The molecule has 0 amide bonds. The molecular formula is C17H24BrNO4. The highest BCUT2D eigenvalue weighted by Crippen LogP contribution is 2.36. The topological polar surface area (TPSA) is 67.8 Å². The molecule has 0 aromatic heterocycles. The number of hydrogen-bond acceptors (Lipinski definition) is 4. The van der Waals surface area contributed by atoms with E-state index < -0.39 is 5.97 Å². The van der Waals surface area contributed by atoms with E-state index in [9.17, 15) is 4.79 Å². The number of hydrogen-bond donors (Lipinski definition) is 2. The summed E-state index contributed by atoms with van der Waals surface area (Å²) < 4.78 is 11.9. The molecule has 6 heteroatoms. The van der Waals surface area contributed by atoms with Crippen LogP contribution in [0.5, 0.6) is 11.5 Å². The summed E-state index contributed by atoms with van der Waals surface area (Å²) in [5.41, 5.74) is 1.11. The van der Waals surface area contributed by atoms with Crippen molar-refractivity contribution in [2.75, 3.05) is 13.7 Å². The predicted octanol–water partition coefficient (Wildman–Crippen LogP) is 3.59. The van der Waals surface area contributed by atoms with Crippen LogP contribution in [-0.4, -0.2) is 30.8 Å². The number of carboxylic acid groups (broad SMARTS) is 1. The lowest BCUT2D eigenvalue weighted by atomic mass is 9.86. The van der Waals surface area contributed by atoms with E-state index in [0.29, 0.717) is 18.4 Å². The van der Waals surface area contributed by atoms with Crippen molar-refractivity contribution in [1.82, 2.24) is 5.32 Å². The zero-order chi connectivity index (χ0) is 16.8. The lowest BCUT2D eigenvalue weighted by Crippen LogP contribution is -2.34. The molecule has 2 N–H and O–H groups in total. The number of nitrogens with one attached hydrogen (secondary N) is 1. The highest BCUT2D eigenvalue weighted by molar-refractivity contribution is 9.10. The van der Waals surface area contributed by atoms with Gasteiger partial charge in [0.15, 0.2) is 11.5 Å². The van der Waals surface area contributed by atoms with E-state index in [1.807, 2.05) is 19.1 Å². The van der Waals surface area contributed by atoms with Gasteiger partial charge in [-0.1, -0.05) is 0 Å². The Morgan fingerprint density at radius 1 is 1.35 bits per heavy atom. The zero-order valence-electron chi connectivity index (χ0n) is 13.6. The standard InChI is InChI=1S/C17H24BrNO4/c1-3-23-15-9-11(8-14(18)16(15)22-2)10-19-13-6-4-12(5-7-13)17(20)21/h8-9,12-13,19H,3-7,10H2,1-2H3,(H,20,21). The van der Waals surface area contributed by atoms with Crippen LogP contribution in [0.25, 0.3) is 0 Å². The van der Waals surface area contributed by atoms with Crippen LogP contribution < -0.4 is 14.8 Å². The summed E-state index contributed by atoms with van der Waals surface area (Å²) in [6.07, 6.45) is 3.33. The Balaban J connectivity index is 1.94. The number of carboxylic acids is 1. The summed E-state index contributed by atoms with van der Waals surface area (Å²) in [4.78, 5) is 11.0. The van der Waals surface area contributed by atoms with Crippen molar-refractivity contribution in [3.63, 3.8) is 0 Å². The molecule has 1 aromatic carbocycles. The molecule has 0 saturated heterocycles. The summed E-state index contributed by atoms with van der Waals surface area (Å²) in [5.74, 6) is 0.602. The maximum Gasteiger partial charge on any atom is 0.306 e. The Morgan fingerprint density at radius 3 is 2.61 bits per heavy atom. The Morgan fingerprint density at radius 2 is 2.04 bits per heavy atom. The van der Waals surface area contributed by atoms with Gasteiger partial charge in [0.2, 0.25) is 0 Å². The van der Waals surface area contributed by atoms with E-state index >= 15 is 0 Å². The molecule has 23 heavy (non-hydrogen) atoms. The van der Waals surface area contributed by atoms with Gasteiger partial charge in [0.1, 0.15) is 0 Å². The van der Waals surface area contributed by atoms with Crippen LogP contribution in [0.3, 0.4) is 0 Å². The zero-order valence-corrected chi connectivity index (χ0v) is 15.2. The highest BCUT2D eigenvalue weighted by Gasteiger charge is 2.25. The first-order valence-electron chi connectivity index (χ1n) is 8.00. The van der Waals surface area contributed by atoms with Gasteiger partial charge in [0.05, 0.1) is 24.1 Å². The predicted molar refractivity (Wildman–Crippen MR) is 92.1 cm³/mol. The number of carbonyl (C=O) groups is 1. The molecule has 0 atom stereocenters. The summed E-state index contributed by atoms with van der Waals surface area (Å²) in [7, 11) is 1.63. The minimum atomic E-state index is -0.663. The van der Waals surface area contributed by atoms with Gasteiger partial charge in [-0.3, -0.25) is 4.79 Å². The SMILES string of the molecule is CCOc1cc(CNC2CCC(C(=O)O)CC2)cc(Br)c1OC. The Hall–Kier alpha value is -1.27. The van der Waals surface area contributed by atoms with E-state index in [1.165, 1.54) is 0 Å². The van der Waals surface area contributed by atoms with E-state index in [-0.39, 0.29) is 5.92 Å². The lowest BCUT2D eigenvalue weighted by molar-refractivity contribution is -0.142. The molecule has 1 fully saturated rings. The van der Waals surface area contributed by atoms with E-state index in [2.05, 4.69) is 21.2 Å². The van der Waals surface area contributed by atoms with Gasteiger partial charge in [-0.05, 0) is 66.2 Å². The molecule has 0 bridgehead atoms. The number of aliphatic carboxylic acids is 1. The molecule has 0 radical (unpaired) electrons. The molecule has 0 heterocycles. The van der Waals surface area contributed by atoms with Crippen LogP contribution in [0.2, 0.25) is 0 Å². The third kappa shape index (κ3) is 4.85. The first-order valence-corrected chi connectivity index (χ1v) is 8.79. The van der Waals surface area contributed by atoms with Crippen molar-refractivity contribution >= 4 is 21.9 Å². The molecule has 1 saturated carbocycles. The molecule has 1 aliphatic carbocycles.